The molecule has 3 nitrogen and oxygen atoms in total. The van der Waals surface area contributed by atoms with Crippen molar-refractivity contribution in [3.63, 3.8) is 0 Å². The highest BCUT2D eigenvalue weighted by Gasteiger charge is 2.28. The highest BCUT2D eigenvalue weighted by Crippen LogP contribution is 2.36. The Bertz CT molecular complexity index is 482. The van der Waals surface area contributed by atoms with E-state index in [0.29, 0.717) is 6.54 Å². The number of alkyl halides is 3. The van der Waals surface area contributed by atoms with Gasteiger partial charge in [0.25, 0.3) is 0 Å². The Kier molecular flexibility index (Phi) is 4.07. The van der Waals surface area contributed by atoms with Crippen LogP contribution in [-0.2, 0) is 6.54 Å². The summed E-state index contributed by atoms with van der Waals surface area (Å²) in [5.74, 6) is 0. The Morgan fingerprint density at radius 3 is 2.50 bits per heavy atom. The third-order valence-corrected chi connectivity index (χ3v) is 3.35. The Morgan fingerprint density at radius 2 is 1.94 bits per heavy atom. The topological polar surface area (TPSA) is 37.8 Å². The Hall–Kier alpha value is -1.28. The molecule has 0 unspecified atom stereocenters. The first-order valence-electron chi connectivity index (χ1n) is 4.89. The summed E-state index contributed by atoms with van der Waals surface area (Å²) >= 11 is 1.12. The summed E-state index contributed by atoms with van der Waals surface area (Å²) in [6.45, 7) is 0.529. The van der Waals surface area contributed by atoms with Crippen LogP contribution in [0.1, 0.15) is 5.56 Å². The second-order valence-electron chi connectivity index (χ2n) is 3.33. The van der Waals surface area contributed by atoms with E-state index in [4.69, 9.17) is 0 Å². The quantitative estimate of drug-likeness (QED) is 0.870. The van der Waals surface area contributed by atoms with Gasteiger partial charge in [0.2, 0.25) is 0 Å². The molecule has 96 valence electrons. The monoisotopic (exact) mass is 291 g/mol. The maximum Gasteiger partial charge on any atom is 0.446 e. The number of hydrogen-bond acceptors (Lipinski definition) is 5. The highest BCUT2D eigenvalue weighted by molar-refractivity contribution is 8.00. The van der Waals surface area contributed by atoms with E-state index in [-0.39, 0.29) is 16.7 Å². The van der Waals surface area contributed by atoms with Crippen LogP contribution in [0.4, 0.5) is 18.2 Å². The summed E-state index contributed by atoms with van der Waals surface area (Å²) in [5, 5.41) is 7.56. The van der Waals surface area contributed by atoms with E-state index in [9.17, 15) is 13.2 Å². The zero-order valence-corrected chi connectivity index (χ0v) is 10.6. The lowest BCUT2D eigenvalue weighted by molar-refractivity contribution is -0.0328. The molecule has 0 amide bonds. The van der Waals surface area contributed by atoms with E-state index in [1.54, 1.807) is 18.3 Å². The number of hydrogen-bond donors (Lipinski definition) is 1. The van der Waals surface area contributed by atoms with Crippen molar-refractivity contribution in [1.29, 1.82) is 0 Å². The lowest BCUT2D eigenvalue weighted by Gasteiger charge is -2.07. The molecule has 1 aromatic heterocycles. The molecule has 0 saturated heterocycles. The molecule has 0 aliphatic heterocycles. The van der Waals surface area contributed by atoms with Gasteiger partial charge in [-0.25, -0.2) is 0 Å². The minimum absolute atomic E-state index is 0.113. The maximum absolute atomic E-state index is 12.1. The molecule has 0 aliphatic carbocycles. The summed E-state index contributed by atoms with van der Waals surface area (Å²) in [5.41, 5.74) is -3.34. The van der Waals surface area contributed by atoms with Crippen molar-refractivity contribution in [2.75, 3.05) is 5.32 Å². The summed E-state index contributed by atoms with van der Waals surface area (Å²) in [6.07, 6.45) is 1.60. The van der Waals surface area contributed by atoms with Crippen LogP contribution in [0.3, 0.4) is 0 Å². The summed E-state index contributed by atoms with van der Waals surface area (Å²) < 4.78 is 40.0. The number of nitrogens with one attached hydrogen (secondary N) is 1. The SMILES string of the molecule is FC(F)(F)Sc1ccc(CNc2cnns2)cc1. The molecule has 2 rings (SSSR count). The van der Waals surface area contributed by atoms with Crippen molar-refractivity contribution in [1.82, 2.24) is 9.59 Å². The van der Waals surface area contributed by atoms with Crippen molar-refractivity contribution >= 4 is 28.3 Å². The van der Waals surface area contributed by atoms with Gasteiger partial charge in [-0.15, -0.1) is 5.10 Å². The third-order valence-electron chi connectivity index (χ3n) is 1.98. The van der Waals surface area contributed by atoms with Crippen LogP contribution < -0.4 is 5.32 Å². The molecule has 18 heavy (non-hydrogen) atoms. The zero-order valence-electron chi connectivity index (χ0n) is 8.94. The summed E-state index contributed by atoms with van der Waals surface area (Å²) in [6, 6.07) is 6.24. The molecule has 1 N–H and O–H groups in total. The number of rotatable bonds is 4. The van der Waals surface area contributed by atoms with Gasteiger partial charge >= 0.3 is 5.51 Å². The summed E-state index contributed by atoms with van der Waals surface area (Å²) in [4.78, 5) is 0.186. The van der Waals surface area contributed by atoms with Gasteiger partial charge in [-0.2, -0.15) is 13.2 Å². The first-order valence-corrected chi connectivity index (χ1v) is 6.48. The van der Waals surface area contributed by atoms with Gasteiger partial charge in [-0.05, 0) is 29.5 Å². The van der Waals surface area contributed by atoms with Gasteiger partial charge in [0.15, 0.2) is 0 Å². The van der Waals surface area contributed by atoms with Crippen molar-refractivity contribution in [2.45, 2.75) is 16.9 Å². The van der Waals surface area contributed by atoms with Crippen molar-refractivity contribution in [2.24, 2.45) is 0 Å². The Balaban J connectivity index is 1.91. The number of thioether (sulfide) groups is 1. The van der Waals surface area contributed by atoms with Crippen LogP contribution in [0.15, 0.2) is 35.4 Å². The molecule has 0 spiro atoms. The van der Waals surface area contributed by atoms with Crippen LogP contribution in [0.5, 0.6) is 0 Å². The lowest BCUT2D eigenvalue weighted by atomic mass is 10.2. The summed E-state index contributed by atoms with van der Waals surface area (Å²) in [7, 11) is 0. The standard InChI is InChI=1S/C10H8F3N3S2/c11-10(12,13)17-8-3-1-7(2-4-8)5-14-9-6-15-16-18-9/h1-4,6,14H,5H2. The van der Waals surface area contributed by atoms with Crippen molar-refractivity contribution in [3.05, 3.63) is 36.0 Å². The predicted octanol–water partition coefficient (Wildman–Crippen LogP) is 3.76. The van der Waals surface area contributed by atoms with E-state index in [0.717, 1.165) is 10.6 Å². The molecule has 0 saturated carbocycles. The van der Waals surface area contributed by atoms with Crippen LogP contribution in [0.2, 0.25) is 0 Å². The van der Waals surface area contributed by atoms with E-state index < -0.39 is 5.51 Å². The van der Waals surface area contributed by atoms with Crippen LogP contribution in [0.25, 0.3) is 0 Å². The van der Waals surface area contributed by atoms with Crippen LogP contribution in [-0.4, -0.2) is 15.1 Å². The number of aromatic nitrogens is 2. The molecule has 2 aromatic rings. The molecule has 1 aromatic carbocycles. The Labute approximate surface area is 110 Å². The van der Waals surface area contributed by atoms with Gasteiger partial charge in [0, 0.05) is 23.0 Å². The second kappa shape index (κ2) is 5.57. The van der Waals surface area contributed by atoms with Crippen LogP contribution >= 0.6 is 23.3 Å². The van der Waals surface area contributed by atoms with Gasteiger partial charge in [-0.3, -0.25) is 0 Å². The minimum atomic E-state index is -4.24. The number of benzene rings is 1. The molecular weight excluding hydrogens is 283 g/mol. The fourth-order valence-corrected chi connectivity index (χ4v) is 2.20. The predicted molar refractivity (Wildman–Crippen MR) is 65.6 cm³/mol. The zero-order chi connectivity index (χ0) is 13.0. The molecule has 0 radical (unpaired) electrons. The van der Waals surface area contributed by atoms with Crippen molar-refractivity contribution < 1.29 is 13.2 Å². The average molecular weight is 291 g/mol. The fourth-order valence-electron chi connectivity index (χ4n) is 1.24. The molecule has 8 heteroatoms. The van der Waals surface area contributed by atoms with Gasteiger partial charge < -0.3 is 5.32 Å². The third kappa shape index (κ3) is 4.19. The first-order chi connectivity index (χ1) is 8.53. The molecule has 0 fully saturated rings. The lowest BCUT2D eigenvalue weighted by Crippen LogP contribution is -2.00. The molecule has 0 atom stereocenters. The number of anilines is 1. The minimum Gasteiger partial charge on any atom is -0.370 e. The molecule has 1 heterocycles. The van der Waals surface area contributed by atoms with E-state index >= 15 is 0 Å². The van der Waals surface area contributed by atoms with E-state index in [1.807, 2.05) is 0 Å². The first kappa shape index (κ1) is 13.2. The van der Waals surface area contributed by atoms with E-state index in [2.05, 4.69) is 14.9 Å². The maximum atomic E-state index is 12.1. The molecule has 0 bridgehead atoms. The highest BCUT2D eigenvalue weighted by atomic mass is 32.2. The van der Waals surface area contributed by atoms with Gasteiger partial charge in [-0.1, -0.05) is 16.6 Å². The number of nitrogens with zero attached hydrogens (tertiary/aromatic N) is 2. The van der Waals surface area contributed by atoms with Gasteiger partial charge in [0.1, 0.15) is 5.00 Å². The average Bonchev–Trinajstić information content (AvgIpc) is 2.79. The van der Waals surface area contributed by atoms with Gasteiger partial charge in [0.05, 0.1) is 6.20 Å². The smallest absolute Gasteiger partial charge is 0.370 e. The fraction of sp³-hybridized carbons (Fsp3) is 0.200. The van der Waals surface area contributed by atoms with Crippen molar-refractivity contribution in [3.8, 4) is 0 Å². The second-order valence-corrected chi connectivity index (χ2v) is 5.25. The molecular formula is C10H8F3N3S2. The normalized spacial score (nSPS) is 11.5. The number of halogens is 3. The van der Waals surface area contributed by atoms with E-state index in [1.165, 1.54) is 23.7 Å². The van der Waals surface area contributed by atoms with Crippen LogP contribution in [0, 0.1) is 0 Å². The Morgan fingerprint density at radius 1 is 1.22 bits per heavy atom. The molecule has 0 aliphatic rings. The largest absolute Gasteiger partial charge is 0.446 e.